The molecule has 29 heavy (non-hydrogen) atoms. The molecule has 2 heterocycles. The zero-order chi connectivity index (χ0) is 20.6. The zero-order valence-corrected chi connectivity index (χ0v) is 17.9. The Morgan fingerprint density at radius 2 is 1.90 bits per heavy atom. The normalized spacial score (nSPS) is 23.9. The molecule has 8 heteroatoms. The number of carbonyl (C=O) groups excluding carboxylic acids is 1. The average molecular weight is 431 g/mol. The molecule has 0 bridgehead atoms. The number of amides is 1. The first-order valence-corrected chi connectivity index (χ1v) is 12.0. The highest BCUT2D eigenvalue weighted by atomic mass is 32.2. The van der Waals surface area contributed by atoms with Crippen molar-refractivity contribution in [2.45, 2.75) is 24.6 Å². The average Bonchev–Trinajstić information content (AvgIpc) is 3.13. The van der Waals surface area contributed by atoms with E-state index in [-0.39, 0.29) is 35.1 Å². The molecule has 6 nitrogen and oxygen atoms in total. The monoisotopic (exact) mass is 430 g/mol. The number of para-hydroxylation sites is 1. The third-order valence-electron chi connectivity index (χ3n) is 5.18. The molecule has 2 aromatic carbocycles. The summed E-state index contributed by atoms with van der Waals surface area (Å²) in [7, 11) is -1.48. The van der Waals surface area contributed by atoms with Crippen LogP contribution < -0.4 is 9.64 Å². The van der Waals surface area contributed by atoms with Gasteiger partial charge in [0.1, 0.15) is 5.75 Å². The van der Waals surface area contributed by atoms with E-state index in [0.29, 0.717) is 5.17 Å². The summed E-state index contributed by atoms with van der Waals surface area (Å²) in [5.41, 5.74) is 2.78. The van der Waals surface area contributed by atoms with Gasteiger partial charge in [0, 0.05) is 10.9 Å². The van der Waals surface area contributed by atoms with E-state index in [2.05, 4.69) is 4.99 Å². The zero-order valence-electron chi connectivity index (χ0n) is 16.2. The van der Waals surface area contributed by atoms with Gasteiger partial charge < -0.3 is 9.64 Å². The summed E-state index contributed by atoms with van der Waals surface area (Å²) in [5, 5.41) is 0.481. The SMILES string of the molecule is COc1ccc(CC(=O)N=C2S[C@H]3CS(=O)(=O)C[C@@H]3N2c2ccccc2C)cc1. The first kappa shape index (κ1) is 20.0. The molecular weight excluding hydrogens is 408 g/mol. The maximum Gasteiger partial charge on any atom is 0.252 e. The molecule has 0 radical (unpaired) electrons. The van der Waals surface area contributed by atoms with Crippen LogP contribution in [-0.4, -0.2) is 49.4 Å². The molecule has 2 aliphatic rings. The van der Waals surface area contributed by atoms with Gasteiger partial charge >= 0.3 is 0 Å². The summed E-state index contributed by atoms with van der Waals surface area (Å²) in [6.07, 6.45) is 0.184. The maximum absolute atomic E-state index is 12.7. The van der Waals surface area contributed by atoms with Crippen molar-refractivity contribution < 1.29 is 17.9 Å². The molecule has 2 aliphatic heterocycles. The van der Waals surface area contributed by atoms with Crippen LogP contribution in [0, 0.1) is 6.92 Å². The number of hydrogen-bond acceptors (Lipinski definition) is 5. The topological polar surface area (TPSA) is 76.0 Å². The lowest BCUT2D eigenvalue weighted by Gasteiger charge is -2.26. The van der Waals surface area contributed by atoms with Gasteiger partial charge in [-0.25, -0.2) is 8.42 Å². The first-order valence-electron chi connectivity index (χ1n) is 9.33. The summed E-state index contributed by atoms with van der Waals surface area (Å²) in [4.78, 5) is 19.0. The second-order valence-electron chi connectivity index (χ2n) is 7.27. The van der Waals surface area contributed by atoms with E-state index < -0.39 is 9.84 Å². The van der Waals surface area contributed by atoms with Crippen molar-refractivity contribution in [1.82, 2.24) is 0 Å². The Bertz CT molecular complexity index is 1060. The standard InChI is InChI=1S/C21H22N2O4S2/c1-14-5-3-4-6-17(14)23-18-12-29(25,26)13-19(18)28-21(23)22-20(24)11-15-7-9-16(27-2)10-8-15/h3-10,18-19H,11-13H2,1-2H3/t18-,19-/m0/s1. The molecule has 152 valence electrons. The number of fused-ring (bicyclic) bond motifs is 1. The van der Waals surface area contributed by atoms with Crippen molar-refractivity contribution in [2.24, 2.45) is 4.99 Å². The second-order valence-corrected chi connectivity index (χ2v) is 10.6. The highest BCUT2D eigenvalue weighted by Gasteiger charge is 2.49. The van der Waals surface area contributed by atoms with Crippen molar-refractivity contribution in [1.29, 1.82) is 0 Å². The van der Waals surface area contributed by atoms with Crippen molar-refractivity contribution >= 4 is 38.4 Å². The summed E-state index contributed by atoms with van der Waals surface area (Å²) in [6, 6.07) is 14.9. The minimum absolute atomic E-state index is 0.0880. The number of rotatable bonds is 4. The van der Waals surface area contributed by atoms with Crippen LogP contribution in [0.3, 0.4) is 0 Å². The number of hydrogen-bond donors (Lipinski definition) is 0. The highest BCUT2D eigenvalue weighted by Crippen LogP contribution is 2.41. The van der Waals surface area contributed by atoms with Gasteiger partial charge in [-0.15, -0.1) is 0 Å². The van der Waals surface area contributed by atoms with Crippen LogP contribution in [0.5, 0.6) is 5.75 Å². The van der Waals surface area contributed by atoms with Crippen molar-refractivity contribution in [2.75, 3.05) is 23.5 Å². The largest absolute Gasteiger partial charge is 0.497 e. The summed E-state index contributed by atoms with van der Waals surface area (Å²) in [6.45, 7) is 1.98. The molecule has 0 aliphatic carbocycles. The van der Waals surface area contributed by atoms with Crippen molar-refractivity contribution in [3.05, 3.63) is 59.7 Å². The molecule has 2 aromatic rings. The maximum atomic E-state index is 12.7. The molecule has 0 spiro atoms. The number of benzene rings is 2. The van der Waals surface area contributed by atoms with E-state index in [1.54, 1.807) is 7.11 Å². The molecule has 0 unspecified atom stereocenters. The third-order valence-corrected chi connectivity index (χ3v) is 8.39. The number of methoxy groups -OCH3 is 1. The van der Waals surface area contributed by atoms with Crippen LogP contribution in [-0.2, 0) is 21.1 Å². The van der Waals surface area contributed by atoms with E-state index in [1.807, 2.05) is 60.4 Å². The highest BCUT2D eigenvalue weighted by molar-refractivity contribution is 8.16. The number of amidine groups is 1. The number of thioether (sulfide) groups is 1. The molecule has 2 saturated heterocycles. The minimum Gasteiger partial charge on any atom is -0.497 e. The molecule has 0 saturated carbocycles. The smallest absolute Gasteiger partial charge is 0.252 e. The lowest BCUT2D eigenvalue weighted by Crippen LogP contribution is -2.38. The van der Waals surface area contributed by atoms with Crippen LogP contribution >= 0.6 is 11.8 Å². The minimum atomic E-state index is -3.08. The van der Waals surface area contributed by atoms with Gasteiger partial charge in [0.05, 0.1) is 31.1 Å². The molecule has 0 aromatic heterocycles. The van der Waals surface area contributed by atoms with Gasteiger partial charge in [0.15, 0.2) is 15.0 Å². The van der Waals surface area contributed by atoms with Crippen LogP contribution in [0.2, 0.25) is 0 Å². The molecule has 2 atom stereocenters. The summed E-state index contributed by atoms with van der Waals surface area (Å²) in [5.74, 6) is 0.693. The van der Waals surface area contributed by atoms with E-state index in [9.17, 15) is 13.2 Å². The van der Waals surface area contributed by atoms with Crippen LogP contribution in [0.1, 0.15) is 11.1 Å². The fourth-order valence-electron chi connectivity index (χ4n) is 3.74. The van der Waals surface area contributed by atoms with Gasteiger partial charge in [0.25, 0.3) is 5.91 Å². The number of sulfone groups is 1. The predicted molar refractivity (Wildman–Crippen MR) is 117 cm³/mol. The van der Waals surface area contributed by atoms with Gasteiger partial charge in [-0.2, -0.15) is 4.99 Å². The van der Waals surface area contributed by atoms with Crippen molar-refractivity contribution in [3.8, 4) is 5.75 Å². The Morgan fingerprint density at radius 3 is 2.59 bits per heavy atom. The number of anilines is 1. The Kier molecular flexibility index (Phi) is 5.40. The number of nitrogens with zero attached hydrogens (tertiary/aromatic N) is 2. The Labute approximate surface area is 174 Å². The summed E-state index contributed by atoms with van der Waals surface area (Å²) < 4.78 is 29.5. The van der Waals surface area contributed by atoms with Crippen LogP contribution in [0.4, 0.5) is 5.69 Å². The van der Waals surface area contributed by atoms with E-state index in [4.69, 9.17) is 4.74 Å². The molecule has 1 amide bonds. The van der Waals surface area contributed by atoms with Crippen LogP contribution in [0.25, 0.3) is 0 Å². The van der Waals surface area contributed by atoms with E-state index in [1.165, 1.54) is 11.8 Å². The van der Waals surface area contributed by atoms with Gasteiger partial charge in [-0.1, -0.05) is 42.1 Å². The molecule has 4 rings (SSSR count). The fourth-order valence-corrected chi connectivity index (χ4v) is 7.67. The van der Waals surface area contributed by atoms with Gasteiger partial charge in [-0.3, -0.25) is 4.79 Å². The molecule has 0 N–H and O–H groups in total. The molecule has 2 fully saturated rings. The van der Waals surface area contributed by atoms with E-state index in [0.717, 1.165) is 22.6 Å². The number of ether oxygens (including phenoxy) is 1. The van der Waals surface area contributed by atoms with Crippen LogP contribution in [0.15, 0.2) is 53.5 Å². The van der Waals surface area contributed by atoms with E-state index >= 15 is 0 Å². The first-order chi connectivity index (χ1) is 13.9. The van der Waals surface area contributed by atoms with Gasteiger partial charge in [0.2, 0.25) is 0 Å². The number of aryl methyl sites for hydroxylation is 1. The quantitative estimate of drug-likeness (QED) is 0.743. The lowest BCUT2D eigenvalue weighted by molar-refractivity contribution is -0.117. The van der Waals surface area contributed by atoms with Gasteiger partial charge in [-0.05, 0) is 36.2 Å². The predicted octanol–water partition coefficient (Wildman–Crippen LogP) is 2.85. The molecular formula is C21H22N2O4S2. The van der Waals surface area contributed by atoms with Crippen molar-refractivity contribution in [3.63, 3.8) is 0 Å². The number of aliphatic imine (C=N–C) groups is 1. The third kappa shape index (κ3) is 4.18. The fraction of sp³-hybridized carbons (Fsp3) is 0.333. The second kappa shape index (κ2) is 7.84. The Morgan fingerprint density at radius 1 is 1.17 bits per heavy atom. The lowest BCUT2D eigenvalue weighted by atomic mass is 10.1. The summed E-state index contributed by atoms with van der Waals surface area (Å²) >= 11 is 1.40. The Hall–Kier alpha value is -2.32. The Balaban J connectivity index is 1.62. The number of carbonyl (C=O) groups is 1.